The lowest BCUT2D eigenvalue weighted by Crippen LogP contribution is -2.28. The van der Waals surface area contributed by atoms with E-state index < -0.39 is 18.0 Å². The number of ether oxygens (including phenoxy) is 1. The van der Waals surface area contributed by atoms with E-state index in [0.29, 0.717) is 5.13 Å². The summed E-state index contributed by atoms with van der Waals surface area (Å²) in [4.78, 5) is 18.3. The highest BCUT2D eigenvalue weighted by atomic mass is 32.1. The Kier molecular flexibility index (Phi) is 3.65. The van der Waals surface area contributed by atoms with Gasteiger partial charge in [-0.1, -0.05) is 6.07 Å². The van der Waals surface area contributed by atoms with Crippen LogP contribution in [0.25, 0.3) is 0 Å². The van der Waals surface area contributed by atoms with Crippen LogP contribution >= 0.6 is 11.3 Å². The first kappa shape index (κ1) is 13.3. The van der Waals surface area contributed by atoms with Crippen LogP contribution in [-0.4, -0.2) is 22.1 Å². The topological polar surface area (TPSA) is 64.1 Å². The average Bonchev–Trinajstić information content (AvgIpc) is 2.81. The first-order valence-corrected chi connectivity index (χ1v) is 5.76. The number of alkyl halides is 3. The Hall–Kier alpha value is -2.16. The molecule has 0 aromatic carbocycles. The molecule has 0 saturated heterocycles. The molecule has 0 saturated carbocycles. The first-order chi connectivity index (χ1) is 8.95. The number of hydrogen-bond acceptors (Lipinski definition) is 6. The van der Waals surface area contributed by atoms with Gasteiger partial charge in [-0.25, -0.2) is 9.78 Å². The van der Waals surface area contributed by atoms with E-state index in [1.165, 1.54) is 23.5 Å². The van der Waals surface area contributed by atoms with E-state index >= 15 is 0 Å². The van der Waals surface area contributed by atoms with E-state index in [1.807, 2.05) is 0 Å². The molecule has 0 fully saturated rings. The minimum Gasteiger partial charge on any atom is -0.401 e. The lowest BCUT2D eigenvalue weighted by Gasteiger charge is -2.07. The number of pyridine rings is 1. The summed E-state index contributed by atoms with van der Waals surface area (Å²) in [5.74, 6) is -2.53. The molecule has 100 valence electrons. The quantitative estimate of drug-likeness (QED) is 0.880. The summed E-state index contributed by atoms with van der Waals surface area (Å²) < 4.78 is 40.1. The van der Waals surface area contributed by atoms with E-state index in [2.05, 4.69) is 20.0 Å². The van der Waals surface area contributed by atoms with Gasteiger partial charge in [0, 0.05) is 17.6 Å². The SMILES string of the molecule is O=C(Oc1cccc(Nc2nccs2)n1)C(F)(F)F. The van der Waals surface area contributed by atoms with Crippen LogP contribution in [0.5, 0.6) is 5.88 Å². The van der Waals surface area contributed by atoms with E-state index in [1.54, 1.807) is 11.6 Å². The molecule has 19 heavy (non-hydrogen) atoms. The second-order valence-electron chi connectivity index (χ2n) is 3.21. The maximum Gasteiger partial charge on any atom is 0.491 e. The average molecular weight is 289 g/mol. The van der Waals surface area contributed by atoms with Crippen LogP contribution in [-0.2, 0) is 4.79 Å². The molecule has 0 aliphatic carbocycles. The van der Waals surface area contributed by atoms with Crippen LogP contribution < -0.4 is 10.1 Å². The first-order valence-electron chi connectivity index (χ1n) is 4.88. The number of aromatic nitrogens is 2. The monoisotopic (exact) mass is 289 g/mol. The Bertz CT molecular complexity index is 572. The fraction of sp³-hybridized carbons (Fsp3) is 0.100. The molecule has 2 heterocycles. The Morgan fingerprint density at radius 3 is 2.79 bits per heavy atom. The minimum atomic E-state index is -5.06. The van der Waals surface area contributed by atoms with Crippen molar-refractivity contribution in [3.05, 3.63) is 29.8 Å². The number of thiazole rings is 1. The van der Waals surface area contributed by atoms with Gasteiger partial charge in [-0.2, -0.15) is 18.2 Å². The van der Waals surface area contributed by atoms with Gasteiger partial charge in [0.15, 0.2) is 5.13 Å². The largest absolute Gasteiger partial charge is 0.491 e. The summed E-state index contributed by atoms with van der Waals surface area (Å²) in [6.45, 7) is 0. The summed E-state index contributed by atoms with van der Waals surface area (Å²) in [6, 6.07) is 4.06. The summed E-state index contributed by atoms with van der Waals surface area (Å²) >= 11 is 1.29. The zero-order valence-electron chi connectivity index (χ0n) is 9.14. The molecule has 5 nitrogen and oxygen atoms in total. The number of halogens is 3. The Labute approximate surface area is 109 Å². The Morgan fingerprint density at radius 2 is 2.16 bits per heavy atom. The number of nitrogens with zero attached hydrogens (tertiary/aromatic N) is 2. The van der Waals surface area contributed by atoms with Gasteiger partial charge in [0.25, 0.3) is 0 Å². The van der Waals surface area contributed by atoms with Crippen molar-refractivity contribution >= 4 is 28.3 Å². The van der Waals surface area contributed by atoms with Gasteiger partial charge in [0.05, 0.1) is 0 Å². The summed E-state index contributed by atoms with van der Waals surface area (Å²) in [6.07, 6.45) is -3.50. The molecular formula is C10H6F3N3O2S. The van der Waals surface area contributed by atoms with Crippen LogP contribution in [0, 0.1) is 0 Å². The third kappa shape index (κ3) is 3.65. The van der Waals surface area contributed by atoms with Crippen molar-refractivity contribution in [3.63, 3.8) is 0 Å². The molecule has 2 rings (SSSR count). The van der Waals surface area contributed by atoms with E-state index in [-0.39, 0.29) is 5.82 Å². The maximum atomic E-state index is 12.0. The van der Waals surface area contributed by atoms with Gasteiger partial charge in [0.2, 0.25) is 5.88 Å². The molecule has 0 spiro atoms. The zero-order chi connectivity index (χ0) is 13.9. The number of esters is 1. The van der Waals surface area contributed by atoms with Crippen LogP contribution in [0.1, 0.15) is 0 Å². The van der Waals surface area contributed by atoms with Gasteiger partial charge in [-0.15, -0.1) is 11.3 Å². The van der Waals surface area contributed by atoms with Crippen LogP contribution in [0.4, 0.5) is 24.1 Å². The number of anilines is 2. The second kappa shape index (κ2) is 5.22. The van der Waals surface area contributed by atoms with E-state index in [4.69, 9.17) is 0 Å². The van der Waals surface area contributed by atoms with E-state index in [0.717, 1.165) is 6.07 Å². The molecule has 0 aliphatic heterocycles. The molecule has 0 amide bonds. The second-order valence-corrected chi connectivity index (χ2v) is 4.11. The summed E-state index contributed by atoms with van der Waals surface area (Å²) in [7, 11) is 0. The highest BCUT2D eigenvalue weighted by Gasteiger charge is 2.41. The fourth-order valence-corrected chi connectivity index (χ4v) is 1.62. The third-order valence-corrected chi connectivity index (χ3v) is 2.51. The normalized spacial score (nSPS) is 11.1. The number of hydrogen-bond donors (Lipinski definition) is 1. The van der Waals surface area contributed by atoms with E-state index in [9.17, 15) is 18.0 Å². The van der Waals surface area contributed by atoms with Crippen LogP contribution in [0.3, 0.4) is 0 Å². The predicted molar refractivity (Wildman–Crippen MR) is 61.3 cm³/mol. The number of rotatable bonds is 3. The summed E-state index contributed by atoms with van der Waals surface area (Å²) in [5.41, 5.74) is 0. The molecule has 2 aromatic rings. The predicted octanol–water partition coefficient (Wildman–Crippen LogP) is 2.75. The Morgan fingerprint density at radius 1 is 1.37 bits per heavy atom. The molecule has 0 unspecified atom stereocenters. The van der Waals surface area contributed by atoms with Gasteiger partial charge >= 0.3 is 12.1 Å². The number of carbonyl (C=O) groups is 1. The lowest BCUT2D eigenvalue weighted by molar-refractivity contribution is -0.189. The standard InChI is InChI=1S/C10H6F3N3O2S/c11-10(12,13)8(17)18-7-3-1-2-6(15-7)16-9-14-4-5-19-9/h1-5H,(H,14,15,16). The minimum absolute atomic E-state index is 0.224. The van der Waals surface area contributed by atoms with Gasteiger partial charge in [-0.3, -0.25) is 0 Å². The van der Waals surface area contributed by atoms with Crippen molar-refractivity contribution in [2.45, 2.75) is 6.18 Å². The highest BCUT2D eigenvalue weighted by molar-refractivity contribution is 7.13. The molecular weight excluding hydrogens is 283 g/mol. The number of carbonyl (C=O) groups excluding carboxylic acids is 1. The molecule has 0 radical (unpaired) electrons. The van der Waals surface area contributed by atoms with Crippen LogP contribution in [0.2, 0.25) is 0 Å². The molecule has 0 aliphatic rings. The molecule has 1 N–H and O–H groups in total. The fourth-order valence-electron chi connectivity index (χ4n) is 1.09. The van der Waals surface area contributed by atoms with Crippen molar-refractivity contribution in [3.8, 4) is 5.88 Å². The van der Waals surface area contributed by atoms with Crippen molar-refractivity contribution in [1.29, 1.82) is 0 Å². The van der Waals surface area contributed by atoms with Crippen LogP contribution in [0.15, 0.2) is 29.8 Å². The third-order valence-electron chi connectivity index (χ3n) is 1.82. The molecule has 0 atom stereocenters. The molecule has 2 aromatic heterocycles. The van der Waals surface area contributed by atoms with Gasteiger partial charge in [0.1, 0.15) is 5.82 Å². The molecule has 0 bridgehead atoms. The van der Waals surface area contributed by atoms with Gasteiger partial charge < -0.3 is 10.1 Å². The van der Waals surface area contributed by atoms with Gasteiger partial charge in [-0.05, 0) is 6.07 Å². The van der Waals surface area contributed by atoms with Crippen molar-refractivity contribution < 1.29 is 22.7 Å². The Balaban J connectivity index is 2.09. The maximum absolute atomic E-state index is 12.0. The molecule has 9 heteroatoms. The van der Waals surface area contributed by atoms with Crippen molar-refractivity contribution in [2.24, 2.45) is 0 Å². The van der Waals surface area contributed by atoms with Crippen molar-refractivity contribution in [2.75, 3.05) is 5.32 Å². The lowest BCUT2D eigenvalue weighted by atomic mass is 10.4. The van der Waals surface area contributed by atoms with Crippen molar-refractivity contribution in [1.82, 2.24) is 9.97 Å². The zero-order valence-corrected chi connectivity index (χ0v) is 9.96. The highest BCUT2D eigenvalue weighted by Crippen LogP contribution is 2.21. The summed E-state index contributed by atoms with van der Waals surface area (Å²) in [5, 5.41) is 5.00. The number of nitrogens with one attached hydrogen (secondary N) is 1. The smallest absolute Gasteiger partial charge is 0.401 e.